The molecular weight excluding hydrogens is 291 g/mol. The van der Waals surface area contributed by atoms with E-state index in [4.69, 9.17) is 14.0 Å². The normalized spacial score (nSPS) is 19.7. The number of hydrogen-bond donors (Lipinski definition) is 0. The van der Waals surface area contributed by atoms with E-state index in [-0.39, 0.29) is 36.1 Å². The van der Waals surface area contributed by atoms with E-state index in [2.05, 4.69) is 0 Å². The van der Waals surface area contributed by atoms with Crippen LogP contribution in [0.15, 0.2) is 24.3 Å². The molecule has 0 amide bonds. The van der Waals surface area contributed by atoms with E-state index in [1.165, 1.54) is 0 Å². The molecule has 1 aromatic rings. The zero-order valence-electron chi connectivity index (χ0n) is 15.2. The van der Waals surface area contributed by atoms with Crippen molar-refractivity contribution in [2.75, 3.05) is 6.61 Å². The highest BCUT2D eigenvalue weighted by Crippen LogP contribution is 2.36. The minimum Gasteiger partial charge on any atom is -0.486 e. The molecule has 1 heterocycles. The van der Waals surface area contributed by atoms with Crippen molar-refractivity contribution in [3.05, 3.63) is 24.3 Å². The highest BCUT2D eigenvalue weighted by molar-refractivity contribution is 6.62. The van der Waals surface area contributed by atoms with Gasteiger partial charge < -0.3 is 14.0 Å². The van der Waals surface area contributed by atoms with Crippen molar-refractivity contribution in [1.29, 1.82) is 0 Å². The Bertz CT molecular complexity index is 554. The van der Waals surface area contributed by atoms with Crippen LogP contribution in [-0.2, 0) is 14.1 Å². The molecule has 0 radical (unpaired) electrons. The Hall–Kier alpha value is -1.33. The molecule has 0 saturated carbocycles. The van der Waals surface area contributed by atoms with Crippen molar-refractivity contribution in [3.8, 4) is 5.75 Å². The lowest BCUT2D eigenvalue weighted by molar-refractivity contribution is -0.128. The van der Waals surface area contributed by atoms with Crippen molar-refractivity contribution in [2.45, 2.75) is 59.7 Å². The lowest BCUT2D eigenvalue weighted by atomic mass is 9.79. The summed E-state index contributed by atoms with van der Waals surface area (Å²) >= 11 is 0. The van der Waals surface area contributed by atoms with Crippen LogP contribution < -0.4 is 10.2 Å². The summed E-state index contributed by atoms with van der Waals surface area (Å²) in [5, 5.41) is 0. The number of ketones is 1. The molecule has 0 spiro atoms. The average molecular weight is 318 g/mol. The van der Waals surface area contributed by atoms with Gasteiger partial charge in [0.25, 0.3) is 0 Å². The van der Waals surface area contributed by atoms with Gasteiger partial charge in [-0.05, 0) is 45.3 Å². The first-order chi connectivity index (χ1) is 10.4. The molecule has 5 heteroatoms. The fourth-order valence-electron chi connectivity index (χ4n) is 2.07. The Balaban J connectivity index is 2.00. The van der Waals surface area contributed by atoms with Crippen LogP contribution >= 0.6 is 0 Å². The van der Waals surface area contributed by atoms with E-state index in [0.29, 0.717) is 5.75 Å². The Kier molecular flexibility index (Phi) is 4.66. The van der Waals surface area contributed by atoms with Crippen molar-refractivity contribution in [1.82, 2.24) is 0 Å². The molecule has 0 aliphatic carbocycles. The van der Waals surface area contributed by atoms with Gasteiger partial charge in [0.2, 0.25) is 0 Å². The third-order valence-electron chi connectivity index (χ3n) is 4.61. The highest BCUT2D eigenvalue weighted by atomic mass is 16.7. The Morgan fingerprint density at radius 2 is 1.52 bits per heavy atom. The summed E-state index contributed by atoms with van der Waals surface area (Å²) in [5.74, 6) is 0.746. The minimum absolute atomic E-state index is 0.0764. The van der Waals surface area contributed by atoms with E-state index in [1.807, 2.05) is 72.7 Å². The van der Waals surface area contributed by atoms with Crippen LogP contribution in [0.1, 0.15) is 48.5 Å². The maximum Gasteiger partial charge on any atom is 0.494 e. The SMILES string of the molecule is CC(C)(C)C(=O)COc1ccc(B2OC(C)(C)C(C)(C)O2)cc1. The van der Waals surface area contributed by atoms with Gasteiger partial charge in [0.15, 0.2) is 5.78 Å². The molecule has 1 saturated heterocycles. The molecule has 2 rings (SSSR count). The molecule has 0 bridgehead atoms. The Morgan fingerprint density at radius 1 is 1.04 bits per heavy atom. The summed E-state index contributed by atoms with van der Waals surface area (Å²) < 4.78 is 17.6. The van der Waals surface area contributed by atoms with Crippen LogP contribution in [0.3, 0.4) is 0 Å². The van der Waals surface area contributed by atoms with E-state index >= 15 is 0 Å². The fraction of sp³-hybridized carbons (Fsp3) is 0.611. The van der Waals surface area contributed by atoms with Crippen LogP contribution in [0, 0.1) is 5.41 Å². The lowest BCUT2D eigenvalue weighted by Crippen LogP contribution is -2.41. The lowest BCUT2D eigenvalue weighted by Gasteiger charge is -2.32. The highest BCUT2D eigenvalue weighted by Gasteiger charge is 2.51. The maximum absolute atomic E-state index is 11.9. The second-order valence-corrected chi connectivity index (χ2v) is 8.12. The topological polar surface area (TPSA) is 44.8 Å². The standard InChI is InChI=1S/C18H27BO4/c1-16(2,3)15(20)12-21-14-10-8-13(9-11-14)19-22-17(4,5)18(6,7)23-19/h8-11H,12H2,1-7H3. The van der Waals surface area contributed by atoms with Crippen LogP contribution in [0.2, 0.25) is 0 Å². The number of benzene rings is 1. The molecule has 0 atom stereocenters. The predicted molar refractivity (Wildman–Crippen MR) is 92.1 cm³/mol. The van der Waals surface area contributed by atoms with E-state index < -0.39 is 0 Å². The molecule has 126 valence electrons. The van der Waals surface area contributed by atoms with E-state index in [9.17, 15) is 4.79 Å². The largest absolute Gasteiger partial charge is 0.494 e. The molecule has 1 aromatic carbocycles. The van der Waals surface area contributed by atoms with Crippen molar-refractivity contribution >= 4 is 18.4 Å². The summed E-state index contributed by atoms with van der Waals surface area (Å²) in [6.07, 6.45) is 0. The summed E-state index contributed by atoms with van der Waals surface area (Å²) in [6, 6.07) is 7.52. The summed E-state index contributed by atoms with van der Waals surface area (Å²) in [5.41, 5.74) is -0.154. The van der Waals surface area contributed by atoms with E-state index in [1.54, 1.807) is 0 Å². The van der Waals surface area contributed by atoms with Crippen LogP contribution in [0.25, 0.3) is 0 Å². The molecular formula is C18H27BO4. The third kappa shape index (κ3) is 3.96. The first kappa shape index (κ1) is 18.0. The van der Waals surface area contributed by atoms with Gasteiger partial charge in [-0.2, -0.15) is 0 Å². The number of ether oxygens (including phenoxy) is 1. The van der Waals surface area contributed by atoms with Gasteiger partial charge in [0.1, 0.15) is 12.4 Å². The quantitative estimate of drug-likeness (QED) is 0.801. The van der Waals surface area contributed by atoms with Crippen molar-refractivity contribution < 1.29 is 18.8 Å². The van der Waals surface area contributed by atoms with Crippen LogP contribution in [-0.4, -0.2) is 30.7 Å². The zero-order chi connectivity index (χ0) is 17.5. The van der Waals surface area contributed by atoms with Crippen molar-refractivity contribution in [2.24, 2.45) is 5.41 Å². The number of rotatable bonds is 4. The molecule has 1 aliphatic rings. The fourth-order valence-corrected chi connectivity index (χ4v) is 2.07. The second kappa shape index (κ2) is 5.95. The van der Waals surface area contributed by atoms with Gasteiger partial charge >= 0.3 is 7.12 Å². The van der Waals surface area contributed by atoms with Crippen molar-refractivity contribution in [3.63, 3.8) is 0 Å². The number of carbonyl (C=O) groups excluding carboxylic acids is 1. The molecule has 0 unspecified atom stereocenters. The van der Waals surface area contributed by atoms with E-state index in [0.717, 1.165) is 5.46 Å². The first-order valence-corrected chi connectivity index (χ1v) is 8.04. The number of hydrogen-bond acceptors (Lipinski definition) is 4. The van der Waals surface area contributed by atoms with Gasteiger partial charge in [0.05, 0.1) is 11.2 Å². The zero-order valence-corrected chi connectivity index (χ0v) is 15.2. The molecule has 1 fully saturated rings. The van der Waals surface area contributed by atoms with Gasteiger partial charge in [-0.1, -0.05) is 32.9 Å². The third-order valence-corrected chi connectivity index (χ3v) is 4.61. The van der Waals surface area contributed by atoms with Gasteiger partial charge in [-0.25, -0.2) is 0 Å². The number of Topliss-reactive ketones (excluding diaryl/α,β-unsaturated/α-hetero) is 1. The smallest absolute Gasteiger partial charge is 0.486 e. The second-order valence-electron chi connectivity index (χ2n) is 8.12. The molecule has 4 nitrogen and oxygen atoms in total. The Labute approximate surface area is 139 Å². The first-order valence-electron chi connectivity index (χ1n) is 8.04. The monoisotopic (exact) mass is 318 g/mol. The van der Waals surface area contributed by atoms with Crippen LogP contribution in [0.4, 0.5) is 0 Å². The summed E-state index contributed by atoms with van der Waals surface area (Å²) in [6.45, 7) is 13.9. The minimum atomic E-state index is -0.386. The van der Waals surface area contributed by atoms with Crippen LogP contribution in [0.5, 0.6) is 5.75 Å². The maximum atomic E-state index is 11.9. The predicted octanol–water partition coefficient (Wildman–Crippen LogP) is 2.98. The molecule has 0 aromatic heterocycles. The molecule has 1 aliphatic heterocycles. The number of carbonyl (C=O) groups is 1. The van der Waals surface area contributed by atoms with Gasteiger partial charge in [-0.15, -0.1) is 0 Å². The molecule has 0 N–H and O–H groups in total. The molecule has 23 heavy (non-hydrogen) atoms. The average Bonchev–Trinajstić information content (AvgIpc) is 2.64. The Morgan fingerprint density at radius 3 is 1.96 bits per heavy atom. The summed E-state index contributed by atoms with van der Waals surface area (Å²) in [4.78, 5) is 11.9. The summed E-state index contributed by atoms with van der Waals surface area (Å²) in [7, 11) is -0.384. The van der Waals surface area contributed by atoms with Gasteiger partial charge in [0, 0.05) is 5.41 Å². The van der Waals surface area contributed by atoms with Gasteiger partial charge in [-0.3, -0.25) is 4.79 Å².